The zero-order chi connectivity index (χ0) is 12.2. The van der Waals surface area contributed by atoms with Crippen LogP contribution in [0.2, 0.25) is 0 Å². The molecule has 0 radical (unpaired) electrons. The maximum absolute atomic E-state index is 11.5. The molecular weight excluding hydrogens is 274 g/mol. The maximum atomic E-state index is 11.5. The lowest BCUT2D eigenvalue weighted by molar-refractivity contribution is -0.137. The number of halogens is 3. The number of ketones is 1. The molecule has 86 valence electrons. The highest BCUT2D eigenvalue weighted by Gasteiger charge is 2.25. The van der Waals surface area contributed by atoms with Crippen molar-refractivity contribution in [1.29, 1.82) is 0 Å². The second-order valence-electron chi connectivity index (χ2n) is 2.89. The first kappa shape index (κ1) is 13.3. The first-order chi connectivity index (χ1) is 7.40. The number of ether oxygens (including phenoxy) is 1. The molecule has 1 aromatic carbocycles. The normalized spacial score (nSPS) is 10.9. The Kier molecular flexibility index (Phi) is 4.59. The van der Waals surface area contributed by atoms with E-state index in [1.54, 1.807) is 18.2 Å². The van der Waals surface area contributed by atoms with E-state index in [1.165, 1.54) is 12.1 Å². The average Bonchev–Trinajstić information content (AvgIpc) is 2.25. The lowest BCUT2D eigenvalue weighted by Crippen LogP contribution is -2.23. The van der Waals surface area contributed by atoms with Gasteiger partial charge in [0.15, 0.2) is 0 Å². The van der Waals surface area contributed by atoms with Gasteiger partial charge in [0.05, 0.1) is 0 Å². The molecule has 0 N–H and O–H groups in total. The Labute approximate surface area is 107 Å². The summed E-state index contributed by atoms with van der Waals surface area (Å²) in [5.41, 5.74) is 0.233. The van der Waals surface area contributed by atoms with Gasteiger partial charge in [-0.1, -0.05) is 65.1 Å². The summed E-state index contributed by atoms with van der Waals surface area (Å²) in [5, 5.41) is 0. The molecule has 0 atom stereocenters. The van der Waals surface area contributed by atoms with E-state index in [4.69, 9.17) is 34.8 Å². The third-order valence-electron chi connectivity index (χ3n) is 1.59. The lowest BCUT2D eigenvalue weighted by atomic mass is 10.1. The number of Topliss-reactive ketones (excluding diaryl/α,β-unsaturated/α-hetero) is 1. The van der Waals surface area contributed by atoms with Crippen LogP contribution in [-0.4, -0.2) is 22.2 Å². The molecule has 0 saturated heterocycles. The molecule has 0 aromatic heterocycles. The van der Waals surface area contributed by atoms with Crippen molar-refractivity contribution in [2.45, 2.75) is 3.79 Å². The van der Waals surface area contributed by atoms with Gasteiger partial charge in [0.2, 0.25) is 3.79 Å². The molecule has 0 fully saturated rings. The predicted octanol–water partition coefficient (Wildman–Crippen LogP) is 2.78. The summed E-state index contributed by atoms with van der Waals surface area (Å²) in [6.45, 7) is -0.463. The van der Waals surface area contributed by atoms with Gasteiger partial charge in [-0.3, -0.25) is 4.79 Å². The quantitative estimate of drug-likeness (QED) is 0.370. The van der Waals surface area contributed by atoms with Crippen molar-refractivity contribution >= 4 is 46.6 Å². The van der Waals surface area contributed by atoms with Crippen LogP contribution in [-0.2, 0) is 9.53 Å². The standard InChI is InChI=1S/C10H7Cl3O3/c11-10(12,13)6-16-9(15)8(14)7-4-2-1-3-5-7/h1-5H,6H2. The molecule has 0 aliphatic heterocycles. The highest BCUT2D eigenvalue weighted by atomic mass is 35.6. The molecule has 6 heteroatoms. The molecule has 0 saturated carbocycles. The van der Waals surface area contributed by atoms with Crippen LogP contribution < -0.4 is 0 Å². The van der Waals surface area contributed by atoms with Gasteiger partial charge in [0.1, 0.15) is 6.61 Å². The van der Waals surface area contributed by atoms with Gasteiger partial charge in [0.25, 0.3) is 5.78 Å². The Morgan fingerprint density at radius 2 is 1.69 bits per heavy atom. The molecule has 0 aliphatic rings. The fourth-order valence-corrected chi connectivity index (χ4v) is 1.08. The second kappa shape index (κ2) is 5.53. The van der Waals surface area contributed by atoms with Crippen molar-refractivity contribution in [1.82, 2.24) is 0 Å². The van der Waals surface area contributed by atoms with E-state index in [0.717, 1.165) is 0 Å². The Morgan fingerprint density at radius 3 is 2.19 bits per heavy atom. The van der Waals surface area contributed by atoms with Crippen molar-refractivity contribution in [3.63, 3.8) is 0 Å². The fraction of sp³-hybridized carbons (Fsp3) is 0.200. The summed E-state index contributed by atoms with van der Waals surface area (Å²) in [7, 11) is 0. The van der Waals surface area contributed by atoms with Crippen LogP contribution in [0, 0.1) is 0 Å². The van der Waals surface area contributed by atoms with Gasteiger partial charge in [-0.2, -0.15) is 0 Å². The molecule has 16 heavy (non-hydrogen) atoms. The maximum Gasteiger partial charge on any atom is 0.379 e. The van der Waals surface area contributed by atoms with E-state index in [9.17, 15) is 9.59 Å². The molecule has 0 unspecified atom stereocenters. The number of benzene rings is 1. The largest absolute Gasteiger partial charge is 0.455 e. The third kappa shape index (κ3) is 4.39. The summed E-state index contributed by atoms with van der Waals surface area (Å²) >= 11 is 16.1. The summed E-state index contributed by atoms with van der Waals surface area (Å²) in [6, 6.07) is 7.99. The van der Waals surface area contributed by atoms with E-state index in [1.807, 2.05) is 0 Å². The van der Waals surface area contributed by atoms with Crippen LogP contribution >= 0.6 is 34.8 Å². The number of hydrogen-bond donors (Lipinski definition) is 0. The molecule has 0 aliphatic carbocycles. The van der Waals surface area contributed by atoms with Crippen LogP contribution in [0.4, 0.5) is 0 Å². The number of esters is 1. The minimum absolute atomic E-state index is 0.233. The lowest BCUT2D eigenvalue weighted by Gasteiger charge is -2.10. The highest BCUT2D eigenvalue weighted by Crippen LogP contribution is 2.26. The molecular formula is C10H7Cl3O3. The molecule has 0 spiro atoms. The van der Waals surface area contributed by atoms with E-state index in [2.05, 4.69) is 4.74 Å². The zero-order valence-corrected chi connectivity index (χ0v) is 10.2. The van der Waals surface area contributed by atoms with E-state index in [0.29, 0.717) is 0 Å². The van der Waals surface area contributed by atoms with Crippen molar-refractivity contribution in [3.05, 3.63) is 35.9 Å². The van der Waals surface area contributed by atoms with Gasteiger partial charge in [0, 0.05) is 5.56 Å². The van der Waals surface area contributed by atoms with Crippen molar-refractivity contribution in [2.75, 3.05) is 6.61 Å². The molecule has 0 bridgehead atoms. The van der Waals surface area contributed by atoms with Crippen LogP contribution in [0.5, 0.6) is 0 Å². The smallest absolute Gasteiger partial charge is 0.379 e. The van der Waals surface area contributed by atoms with Crippen molar-refractivity contribution < 1.29 is 14.3 Å². The molecule has 1 aromatic rings. The molecule has 3 nitrogen and oxygen atoms in total. The number of carbonyl (C=O) groups excluding carboxylic acids is 2. The first-order valence-electron chi connectivity index (χ1n) is 4.23. The van der Waals surface area contributed by atoms with Gasteiger partial charge < -0.3 is 4.74 Å². The average molecular weight is 282 g/mol. The minimum Gasteiger partial charge on any atom is -0.455 e. The SMILES string of the molecule is O=C(OCC(Cl)(Cl)Cl)C(=O)c1ccccc1. The van der Waals surface area contributed by atoms with E-state index < -0.39 is 22.2 Å². The fourth-order valence-electron chi connectivity index (χ4n) is 0.920. The van der Waals surface area contributed by atoms with Crippen LogP contribution in [0.1, 0.15) is 10.4 Å². The van der Waals surface area contributed by atoms with Crippen molar-refractivity contribution in [3.8, 4) is 0 Å². The topological polar surface area (TPSA) is 43.4 Å². The molecule has 0 heterocycles. The predicted molar refractivity (Wildman–Crippen MR) is 62.0 cm³/mol. The summed E-state index contributed by atoms with van der Waals surface area (Å²) < 4.78 is 2.82. The summed E-state index contributed by atoms with van der Waals surface area (Å²) in [4.78, 5) is 22.7. The van der Waals surface area contributed by atoms with Gasteiger partial charge >= 0.3 is 5.97 Å². The third-order valence-corrected chi connectivity index (χ3v) is 1.92. The second-order valence-corrected chi connectivity index (χ2v) is 5.40. The van der Waals surface area contributed by atoms with E-state index >= 15 is 0 Å². The van der Waals surface area contributed by atoms with Gasteiger partial charge in [-0.05, 0) is 0 Å². The number of hydrogen-bond acceptors (Lipinski definition) is 3. The first-order valence-corrected chi connectivity index (χ1v) is 5.37. The molecule has 0 amide bonds. The summed E-state index contributed by atoms with van der Waals surface area (Å²) in [5.74, 6) is -1.81. The van der Waals surface area contributed by atoms with Gasteiger partial charge in [-0.15, -0.1) is 0 Å². The number of alkyl halides is 3. The zero-order valence-electron chi connectivity index (χ0n) is 7.95. The Hall–Kier alpha value is -0.770. The van der Waals surface area contributed by atoms with Crippen molar-refractivity contribution in [2.24, 2.45) is 0 Å². The Balaban J connectivity index is 2.59. The Morgan fingerprint density at radius 1 is 1.12 bits per heavy atom. The van der Waals surface area contributed by atoms with Crippen LogP contribution in [0.25, 0.3) is 0 Å². The highest BCUT2D eigenvalue weighted by molar-refractivity contribution is 6.67. The Bertz CT molecular complexity index is 384. The number of rotatable bonds is 3. The van der Waals surface area contributed by atoms with Crippen LogP contribution in [0.3, 0.4) is 0 Å². The minimum atomic E-state index is -1.72. The monoisotopic (exact) mass is 280 g/mol. The van der Waals surface area contributed by atoms with E-state index in [-0.39, 0.29) is 5.56 Å². The summed E-state index contributed by atoms with van der Waals surface area (Å²) in [6.07, 6.45) is 0. The van der Waals surface area contributed by atoms with Gasteiger partial charge in [-0.25, -0.2) is 4.79 Å². The number of carbonyl (C=O) groups is 2. The van der Waals surface area contributed by atoms with Crippen LogP contribution in [0.15, 0.2) is 30.3 Å². The molecule has 1 rings (SSSR count).